The number of hydrogen-bond acceptors (Lipinski definition) is 5. The van der Waals surface area contributed by atoms with Crippen molar-refractivity contribution in [3.8, 4) is 0 Å². The van der Waals surface area contributed by atoms with Crippen LogP contribution in [-0.2, 0) is 16.8 Å². The molecule has 2 fully saturated rings. The van der Waals surface area contributed by atoms with Crippen LogP contribution < -0.4 is 5.32 Å². The predicted molar refractivity (Wildman–Crippen MR) is 75.4 cm³/mol. The Hall–Kier alpha value is -1.43. The zero-order chi connectivity index (χ0) is 14.7. The second-order valence-corrected chi connectivity index (χ2v) is 6.33. The number of rotatable bonds is 4. The molecule has 2 N–H and O–H groups in total. The minimum atomic E-state index is -0.995. The molecule has 1 heterocycles. The van der Waals surface area contributed by atoms with Crippen LogP contribution in [0.4, 0.5) is 0 Å². The molecule has 6 heteroatoms. The first-order chi connectivity index (χ1) is 10.2. The summed E-state index contributed by atoms with van der Waals surface area (Å²) in [5.41, 5.74) is -0.995. The van der Waals surface area contributed by atoms with Gasteiger partial charge in [0.2, 0.25) is 5.91 Å². The maximum absolute atomic E-state index is 11.9. The molecule has 2 aliphatic rings. The van der Waals surface area contributed by atoms with E-state index in [4.69, 9.17) is 4.52 Å². The van der Waals surface area contributed by atoms with E-state index in [0.29, 0.717) is 24.7 Å². The molecule has 0 bridgehead atoms. The molecule has 0 aliphatic heterocycles. The number of nitrogens with zero attached hydrogens (tertiary/aromatic N) is 2. The zero-order valence-corrected chi connectivity index (χ0v) is 12.3. The van der Waals surface area contributed by atoms with Crippen molar-refractivity contribution in [2.75, 3.05) is 0 Å². The largest absolute Gasteiger partial charge is 0.380 e. The molecule has 0 spiro atoms. The molecule has 1 aromatic heterocycles. The van der Waals surface area contributed by atoms with E-state index in [0.717, 1.165) is 32.1 Å². The molecule has 0 saturated heterocycles. The lowest BCUT2D eigenvalue weighted by Crippen LogP contribution is -2.34. The molecule has 116 valence electrons. The number of nitrogens with one attached hydrogen (secondary N) is 1. The first kappa shape index (κ1) is 14.5. The molecule has 1 amide bonds. The Morgan fingerprint density at radius 1 is 1.24 bits per heavy atom. The lowest BCUT2D eigenvalue weighted by molar-refractivity contribution is -0.121. The number of carbonyl (C=O) groups is 1. The standard InChI is InChI=1S/C15H23N3O3/c19-13(16-11-6-2-3-7-11)10-12-17-14(21-18-12)15(20)8-4-1-5-9-15/h11,20H,1-10H2,(H,16,19). The summed E-state index contributed by atoms with van der Waals surface area (Å²) in [7, 11) is 0. The van der Waals surface area contributed by atoms with E-state index in [1.54, 1.807) is 0 Å². The van der Waals surface area contributed by atoms with Crippen LogP contribution in [-0.4, -0.2) is 27.2 Å². The fraction of sp³-hybridized carbons (Fsp3) is 0.800. The Balaban J connectivity index is 1.58. The van der Waals surface area contributed by atoms with Crippen LogP contribution >= 0.6 is 0 Å². The summed E-state index contributed by atoms with van der Waals surface area (Å²) >= 11 is 0. The van der Waals surface area contributed by atoms with Gasteiger partial charge >= 0.3 is 0 Å². The van der Waals surface area contributed by atoms with Crippen LogP contribution in [0.3, 0.4) is 0 Å². The van der Waals surface area contributed by atoms with Gasteiger partial charge in [0.25, 0.3) is 5.89 Å². The van der Waals surface area contributed by atoms with Crippen molar-refractivity contribution >= 4 is 5.91 Å². The van der Waals surface area contributed by atoms with E-state index >= 15 is 0 Å². The molecule has 0 unspecified atom stereocenters. The number of aromatic nitrogens is 2. The molecule has 0 atom stereocenters. The average molecular weight is 293 g/mol. The number of amides is 1. The van der Waals surface area contributed by atoms with Crippen LogP contribution in [0.15, 0.2) is 4.52 Å². The predicted octanol–water partition coefficient (Wildman–Crippen LogP) is 1.82. The fourth-order valence-corrected chi connectivity index (χ4v) is 3.36. The van der Waals surface area contributed by atoms with Crippen molar-refractivity contribution in [2.24, 2.45) is 0 Å². The minimum Gasteiger partial charge on any atom is -0.380 e. The van der Waals surface area contributed by atoms with Gasteiger partial charge in [-0.15, -0.1) is 0 Å². The summed E-state index contributed by atoms with van der Waals surface area (Å²) in [5, 5.41) is 17.4. The molecule has 2 saturated carbocycles. The Morgan fingerprint density at radius 2 is 1.95 bits per heavy atom. The van der Waals surface area contributed by atoms with Crippen molar-refractivity contribution in [1.82, 2.24) is 15.5 Å². The highest BCUT2D eigenvalue weighted by molar-refractivity contribution is 5.78. The maximum Gasteiger partial charge on any atom is 0.258 e. The summed E-state index contributed by atoms with van der Waals surface area (Å²) in [5.74, 6) is 0.565. The van der Waals surface area contributed by atoms with Gasteiger partial charge in [-0.25, -0.2) is 0 Å². The van der Waals surface area contributed by atoms with Crippen LogP contribution in [0.5, 0.6) is 0 Å². The van der Waals surface area contributed by atoms with E-state index < -0.39 is 5.60 Å². The van der Waals surface area contributed by atoms with Crippen molar-refractivity contribution < 1.29 is 14.4 Å². The summed E-state index contributed by atoms with van der Waals surface area (Å²) in [6, 6.07) is 0.298. The lowest BCUT2D eigenvalue weighted by atomic mass is 9.85. The highest BCUT2D eigenvalue weighted by Gasteiger charge is 2.37. The van der Waals surface area contributed by atoms with Crippen molar-refractivity contribution in [1.29, 1.82) is 0 Å². The first-order valence-corrected chi connectivity index (χ1v) is 8.00. The molecule has 1 aromatic rings. The molecule has 0 radical (unpaired) electrons. The number of aliphatic hydroxyl groups is 1. The second-order valence-electron chi connectivity index (χ2n) is 6.33. The van der Waals surface area contributed by atoms with Gasteiger partial charge in [0.1, 0.15) is 5.60 Å². The Kier molecular flexibility index (Phi) is 4.24. The van der Waals surface area contributed by atoms with Gasteiger partial charge in [-0.05, 0) is 25.7 Å². The molecule has 6 nitrogen and oxygen atoms in total. The third kappa shape index (κ3) is 3.43. The smallest absolute Gasteiger partial charge is 0.258 e. The summed E-state index contributed by atoms with van der Waals surface area (Å²) in [6.45, 7) is 0. The molecule has 21 heavy (non-hydrogen) atoms. The molecule has 0 aromatic carbocycles. The topological polar surface area (TPSA) is 88.2 Å². The van der Waals surface area contributed by atoms with Crippen molar-refractivity contribution in [3.05, 3.63) is 11.7 Å². The molecule has 2 aliphatic carbocycles. The summed E-state index contributed by atoms with van der Waals surface area (Å²) in [4.78, 5) is 16.2. The number of hydrogen-bond donors (Lipinski definition) is 2. The third-order valence-corrected chi connectivity index (χ3v) is 4.59. The Labute approximate surface area is 124 Å². The molecule has 3 rings (SSSR count). The minimum absolute atomic E-state index is 0.0649. The van der Waals surface area contributed by atoms with Crippen molar-refractivity contribution in [2.45, 2.75) is 75.9 Å². The van der Waals surface area contributed by atoms with Crippen LogP contribution in [0.2, 0.25) is 0 Å². The number of carbonyl (C=O) groups excluding carboxylic acids is 1. The lowest BCUT2D eigenvalue weighted by Gasteiger charge is -2.27. The normalized spacial score (nSPS) is 22.3. The van der Waals surface area contributed by atoms with Gasteiger partial charge in [0.15, 0.2) is 5.82 Å². The molecular weight excluding hydrogens is 270 g/mol. The summed E-state index contributed by atoms with van der Waals surface area (Å²) in [6.07, 6.45) is 8.99. The quantitative estimate of drug-likeness (QED) is 0.884. The van der Waals surface area contributed by atoms with Gasteiger partial charge < -0.3 is 14.9 Å². The van der Waals surface area contributed by atoms with Crippen LogP contribution in [0.1, 0.15) is 69.5 Å². The zero-order valence-electron chi connectivity index (χ0n) is 12.3. The van der Waals surface area contributed by atoms with Gasteiger partial charge in [-0.3, -0.25) is 4.79 Å². The van der Waals surface area contributed by atoms with Crippen LogP contribution in [0.25, 0.3) is 0 Å². The van der Waals surface area contributed by atoms with E-state index in [2.05, 4.69) is 15.5 Å². The van der Waals surface area contributed by atoms with Gasteiger partial charge in [0.05, 0.1) is 6.42 Å². The van der Waals surface area contributed by atoms with Crippen LogP contribution in [0, 0.1) is 0 Å². The average Bonchev–Trinajstić information content (AvgIpc) is 3.11. The van der Waals surface area contributed by atoms with Gasteiger partial charge in [-0.2, -0.15) is 4.98 Å². The first-order valence-electron chi connectivity index (χ1n) is 8.00. The van der Waals surface area contributed by atoms with E-state index in [-0.39, 0.29) is 18.2 Å². The van der Waals surface area contributed by atoms with E-state index in [1.165, 1.54) is 12.8 Å². The highest BCUT2D eigenvalue weighted by Crippen LogP contribution is 2.35. The van der Waals surface area contributed by atoms with E-state index in [9.17, 15) is 9.90 Å². The molecular formula is C15H23N3O3. The van der Waals surface area contributed by atoms with Crippen molar-refractivity contribution in [3.63, 3.8) is 0 Å². The Morgan fingerprint density at radius 3 is 2.67 bits per heavy atom. The third-order valence-electron chi connectivity index (χ3n) is 4.59. The van der Waals surface area contributed by atoms with Gasteiger partial charge in [0, 0.05) is 6.04 Å². The second kappa shape index (κ2) is 6.13. The van der Waals surface area contributed by atoms with Gasteiger partial charge in [-0.1, -0.05) is 37.3 Å². The fourth-order valence-electron chi connectivity index (χ4n) is 3.36. The monoisotopic (exact) mass is 293 g/mol. The summed E-state index contributed by atoms with van der Waals surface area (Å²) < 4.78 is 5.19. The highest BCUT2D eigenvalue weighted by atomic mass is 16.5. The van der Waals surface area contributed by atoms with E-state index in [1.807, 2.05) is 0 Å². The Bertz CT molecular complexity index is 488. The SMILES string of the molecule is O=C(Cc1noc(C2(O)CCCCC2)n1)NC1CCCC1. The maximum atomic E-state index is 11.9.